The van der Waals surface area contributed by atoms with Gasteiger partial charge < -0.3 is 14.0 Å². The average molecular weight is 261 g/mol. The minimum absolute atomic E-state index is 0.520. The summed E-state index contributed by atoms with van der Waals surface area (Å²) < 4.78 is 12.7. The van der Waals surface area contributed by atoms with E-state index in [0.29, 0.717) is 5.92 Å². The maximum absolute atomic E-state index is 5.39. The predicted molar refractivity (Wildman–Crippen MR) is 73.4 cm³/mol. The minimum atomic E-state index is 0.520. The van der Waals surface area contributed by atoms with Crippen LogP contribution in [-0.2, 0) is 6.54 Å². The summed E-state index contributed by atoms with van der Waals surface area (Å²) in [5.41, 5.74) is 0.889. The standard InChI is InChI=1S/C14H19N3O2/c1-10(2)8-17-9-15-16-14(17)12-7-11(18-3)5-6-13(12)19-4/h5-7,9-10H,8H2,1-4H3. The molecule has 1 aromatic carbocycles. The highest BCUT2D eigenvalue weighted by atomic mass is 16.5. The van der Waals surface area contributed by atoms with E-state index < -0.39 is 0 Å². The fourth-order valence-corrected chi connectivity index (χ4v) is 1.98. The van der Waals surface area contributed by atoms with Crippen molar-refractivity contribution in [3.05, 3.63) is 24.5 Å². The van der Waals surface area contributed by atoms with E-state index in [1.54, 1.807) is 20.5 Å². The molecular weight excluding hydrogens is 242 g/mol. The number of hydrogen-bond acceptors (Lipinski definition) is 4. The van der Waals surface area contributed by atoms with E-state index in [-0.39, 0.29) is 0 Å². The Hall–Kier alpha value is -2.04. The molecule has 5 heteroatoms. The second-order valence-corrected chi connectivity index (χ2v) is 4.77. The number of methoxy groups -OCH3 is 2. The summed E-state index contributed by atoms with van der Waals surface area (Å²) in [7, 11) is 3.29. The lowest BCUT2D eigenvalue weighted by atomic mass is 10.1. The van der Waals surface area contributed by atoms with Crippen LogP contribution < -0.4 is 9.47 Å². The molecule has 0 N–H and O–H groups in total. The minimum Gasteiger partial charge on any atom is -0.497 e. The van der Waals surface area contributed by atoms with Crippen LogP contribution in [-0.4, -0.2) is 29.0 Å². The van der Waals surface area contributed by atoms with E-state index in [1.807, 2.05) is 22.8 Å². The van der Waals surface area contributed by atoms with Gasteiger partial charge in [0.05, 0.1) is 19.8 Å². The van der Waals surface area contributed by atoms with Crippen LogP contribution in [0.4, 0.5) is 0 Å². The Kier molecular flexibility index (Phi) is 4.04. The van der Waals surface area contributed by atoms with Gasteiger partial charge in [-0.2, -0.15) is 0 Å². The van der Waals surface area contributed by atoms with Crippen molar-refractivity contribution < 1.29 is 9.47 Å². The zero-order chi connectivity index (χ0) is 13.8. The van der Waals surface area contributed by atoms with Crippen LogP contribution in [0.25, 0.3) is 11.4 Å². The van der Waals surface area contributed by atoms with Gasteiger partial charge in [0, 0.05) is 6.54 Å². The molecule has 0 saturated heterocycles. The van der Waals surface area contributed by atoms with Crippen LogP contribution in [0.1, 0.15) is 13.8 Å². The summed E-state index contributed by atoms with van der Waals surface area (Å²) in [6.45, 7) is 5.18. The number of nitrogens with zero attached hydrogens (tertiary/aromatic N) is 3. The Morgan fingerprint density at radius 3 is 2.63 bits per heavy atom. The lowest BCUT2D eigenvalue weighted by Crippen LogP contribution is -2.05. The van der Waals surface area contributed by atoms with E-state index in [0.717, 1.165) is 29.4 Å². The molecule has 2 aromatic rings. The molecule has 0 aliphatic rings. The Morgan fingerprint density at radius 1 is 1.21 bits per heavy atom. The molecule has 102 valence electrons. The molecule has 0 radical (unpaired) electrons. The molecule has 1 heterocycles. The van der Waals surface area contributed by atoms with Gasteiger partial charge in [-0.15, -0.1) is 10.2 Å². The van der Waals surface area contributed by atoms with E-state index in [1.165, 1.54) is 0 Å². The van der Waals surface area contributed by atoms with E-state index >= 15 is 0 Å². The molecule has 0 amide bonds. The SMILES string of the molecule is COc1ccc(OC)c(-c2nncn2CC(C)C)c1. The normalized spacial score (nSPS) is 10.8. The molecular formula is C14H19N3O2. The second-order valence-electron chi connectivity index (χ2n) is 4.77. The van der Waals surface area contributed by atoms with Crippen LogP contribution in [0.2, 0.25) is 0 Å². The summed E-state index contributed by atoms with van der Waals surface area (Å²) in [6.07, 6.45) is 1.74. The number of aromatic nitrogens is 3. The van der Waals surface area contributed by atoms with E-state index in [9.17, 15) is 0 Å². The molecule has 2 rings (SSSR count). The third kappa shape index (κ3) is 2.86. The van der Waals surface area contributed by atoms with Gasteiger partial charge in [-0.25, -0.2) is 0 Å². The van der Waals surface area contributed by atoms with Gasteiger partial charge in [-0.3, -0.25) is 0 Å². The number of ether oxygens (including phenoxy) is 2. The third-order valence-electron chi connectivity index (χ3n) is 2.82. The van der Waals surface area contributed by atoms with Crippen molar-refractivity contribution in [1.82, 2.24) is 14.8 Å². The average Bonchev–Trinajstić information content (AvgIpc) is 2.85. The van der Waals surface area contributed by atoms with Crippen LogP contribution in [0.3, 0.4) is 0 Å². The highest BCUT2D eigenvalue weighted by Gasteiger charge is 2.14. The molecule has 1 aromatic heterocycles. The van der Waals surface area contributed by atoms with Gasteiger partial charge in [0.2, 0.25) is 0 Å². The molecule has 5 nitrogen and oxygen atoms in total. The fourth-order valence-electron chi connectivity index (χ4n) is 1.98. The van der Waals surface area contributed by atoms with Crippen LogP contribution >= 0.6 is 0 Å². The van der Waals surface area contributed by atoms with Crippen molar-refractivity contribution in [2.24, 2.45) is 5.92 Å². The van der Waals surface area contributed by atoms with Gasteiger partial charge in [-0.1, -0.05) is 13.8 Å². The predicted octanol–water partition coefficient (Wildman–Crippen LogP) is 2.62. The first-order valence-corrected chi connectivity index (χ1v) is 6.26. The largest absolute Gasteiger partial charge is 0.497 e. The first-order valence-electron chi connectivity index (χ1n) is 6.26. The zero-order valence-corrected chi connectivity index (χ0v) is 11.8. The first-order chi connectivity index (χ1) is 9.15. The summed E-state index contributed by atoms with van der Waals surface area (Å²) >= 11 is 0. The van der Waals surface area contributed by atoms with E-state index in [4.69, 9.17) is 9.47 Å². The molecule has 0 bridgehead atoms. The highest BCUT2D eigenvalue weighted by molar-refractivity contribution is 5.66. The maximum atomic E-state index is 5.39. The Balaban J connectivity index is 2.48. The van der Waals surface area contributed by atoms with Crippen molar-refractivity contribution in [1.29, 1.82) is 0 Å². The molecule has 19 heavy (non-hydrogen) atoms. The summed E-state index contributed by atoms with van der Waals surface area (Å²) in [4.78, 5) is 0. The van der Waals surface area contributed by atoms with E-state index in [2.05, 4.69) is 24.0 Å². The zero-order valence-electron chi connectivity index (χ0n) is 11.8. The van der Waals surface area contributed by atoms with Crippen molar-refractivity contribution in [2.45, 2.75) is 20.4 Å². The number of rotatable bonds is 5. The topological polar surface area (TPSA) is 49.2 Å². The van der Waals surface area contributed by atoms with Gasteiger partial charge in [-0.05, 0) is 24.1 Å². The first kappa shape index (κ1) is 13.4. The summed E-state index contributed by atoms with van der Waals surface area (Å²) in [6, 6.07) is 5.66. The Bertz CT molecular complexity index is 549. The van der Waals surface area contributed by atoms with Gasteiger partial charge in [0.1, 0.15) is 17.8 Å². The van der Waals surface area contributed by atoms with Gasteiger partial charge >= 0.3 is 0 Å². The second kappa shape index (κ2) is 5.73. The van der Waals surface area contributed by atoms with Crippen molar-refractivity contribution in [2.75, 3.05) is 14.2 Å². The van der Waals surface area contributed by atoms with Crippen LogP contribution in [0.5, 0.6) is 11.5 Å². The smallest absolute Gasteiger partial charge is 0.167 e. The third-order valence-corrected chi connectivity index (χ3v) is 2.82. The fraction of sp³-hybridized carbons (Fsp3) is 0.429. The van der Waals surface area contributed by atoms with Crippen LogP contribution in [0, 0.1) is 5.92 Å². The van der Waals surface area contributed by atoms with Crippen molar-refractivity contribution in [3.63, 3.8) is 0 Å². The lowest BCUT2D eigenvalue weighted by molar-refractivity contribution is 0.404. The maximum Gasteiger partial charge on any atom is 0.167 e. The van der Waals surface area contributed by atoms with Crippen molar-refractivity contribution in [3.8, 4) is 22.9 Å². The number of hydrogen-bond donors (Lipinski definition) is 0. The summed E-state index contributed by atoms with van der Waals surface area (Å²) in [5, 5.41) is 8.20. The molecule has 0 unspecified atom stereocenters. The molecule has 0 aliphatic heterocycles. The Morgan fingerprint density at radius 2 is 2.00 bits per heavy atom. The molecule has 0 aliphatic carbocycles. The van der Waals surface area contributed by atoms with Crippen LogP contribution in [0.15, 0.2) is 24.5 Å². The quantitative estimate of drug-likeness (QED) is 0.830. The Labute approximate surface area is 113 Å². The highest BCUT2D eigenvalue weighted by Crippen LogP contribution is 2.32. The molecule has 0 spiro atoms. The lowest BCUT2D eigenvalue weighted by Gasteiger charge is -2.12. The van der Waals surface area contributed by atoms with Gasteiger partial charge in [0.25, 0.3) is 0 Å². The number of benzene rings is 1. The monoisotopic (exact) mass is 261 g/mol. The van der Waals surface area contributed by atoms with Gasteiger partial charge in [0.15, 0.2) is 5.82 Å². The molecule has 0 saturated carbocycles. The van der Waals surface area contributed by atoms with Crippen molar-refractivity contribution >= 4 is 0 Å². The molecule has 0 fully saturated rings. The molecule has 0 atom stereocenters. The summed E-state index contributed by atoms with van der Waals surface area (Å²) in [5.74, 6) is 2.85.